The smallest absolute Gasteiger partial charge is 0.234 e. The minimum Gasteiger partial charge on any atom is -0.394 e. The van der Waals surface area contributed by atoms with Crippen LogP contribution in [0.1, 0.15) is 11.4 Å². The number of aliphatic hydroxyl groups is 4. The van der Waals surface area contributed by atoms with Gasteiger partial charge in [-0.2, -0.15) is 0 Å². The molecule has 1 aliphatic rings. The minimum atomic E-state index is -1.57. The van der Waals surface area contributed by atoms with Gasteiger partial charge in [-0.3, -0.25) is 19.7 Å². The lowest BCUT2D eigenvalue weighted by Crippen LogP contribution is -2.64. The summed E-state index contributed by atoms with van der Waals surface area (Å²) in [7, 11) is 0. The van der Waals surface area contributed by atoms with E-state index in [1.54, 1.807) is 24.5 Å². The maximum Gasteiger partial charge on any atom is 0.234 e. The Labute approximate surface area is 173 Å². The van der Waals surface area contributed by atoms with Crippen molar-refractivity contribution in [2.75, 3.05) is 13.2 Å². The second-order valence-electron chi connectivity index (χ2n) is 7.11. The maximum absolute atomic E-state index is 12.6. The molecule has 0 aliphatic carbocycles. The molecule has 0 bridgehead atoms. The third-order valence-corrected chi connectivity index (χ3v) is 4.82. The molecule has 0 spiro atoms. The highest BCUT2D eigenvalue weighted by molar-refractivity contribution is 5.78. The fraction of sp³-hybridized carbons (Fsp3) is 0.450. The van der Waals surface area contributed by atoms with Gasteiger partial charge in [0, 0.05) is 25.5 Å². The van der Waals surface area contributed by atoms with Gasteiger partial charge in [0.15, 0.2) is 6.29 Å². The maximum atomic E-state index is 12.6. The van der Waals surface area contributed by atoms with Crippen molar-refractivity contribution in [3.05, 3.63) is 60.2 Å². The fourth-order valence-corrected chi connectivity index (χ4v) is 3.30. The number of amides is 1. The number of ether oxygens (including phenoxy) is 1. The Morgan fingerprint density at radius 1 is 1.00 bits per heavy atom. The molecule has 2 aromatic heterocycles. The Bertz CT molecular complexity index is 755. The van der Waals surface area contributed by atoms with Crippen LogP contribution in [-0.4, -0.2) is 85.0 Å². The summed E-state index contributed by atoms with van der Waals surface area (Å²) in [5.41, 5.74) is 1.53. The Hall–Kier alpha value is -2.47. The van der Waals surface area contributed by atoms with Gasteiger partial charge in [0.25, 0.3) is 0 Å². The number of hydrogen-bond donors (Lipinski definition) is 5. The first-order valence-corrected chi connectivity index (χ1v) is 9.60. The number of carbonyl (C=O) groups is 1. The van der Waals surface area contributed by atoms with E-state index in [1.807, 2.05) is 29.2 Å². The van der Waals surface area contributed by atoms with Crippen molar-refractivity contribution in [3.63, 3.8) is 0 Å². The highest BCUT2D eigenvalue weighted by Crippen LogP contribution is 2.19. The third kappa shape index (κ3) is 5.79. The Balaban J connectivity index is 1.66. The van der Waals surface area contributed by atoms with Gasteiger partial charge in [0.05, 0.1) is 24.5 Å². The molecule has 5 atom stereocenters. The molecule has 2 aromatic rings. The van der Waals surface area contributed by atoms with Gasteiger partial charge in [-0.15, -0.1) is 0 Å². The number of rotatable bonds is 8. The predicted octanol–water partition coefficient (Wildman–Crippen LogP) is -1.61. The van der Waals surface area contributed by atoms with Crippen molar-refractivity contribution in [1.29, 1.82) is 0 Å². The normalized spacial score (nSPS) is 26.5. The lowest BCUT2D eigenvalue weighted by molar-refractivity contribution is -0.253. The number of nitrogens with one attached hydrogen (secondary N) is 1. The van der Waals surface area contributed by atoms with Crippen LogP contribution >= 0.6 is 0 Å². The molecular weight excluding hydrogens is 392 g/mol. The summed E-state index contributed by atoms with van der Waals surface area (Å²) in [6, 6.07) is 9.77. The largest absolute Gasteiger partial charge is 0.394 e. The average molecular weight is 418 g/mol. The second-order valence-corrected chi connectivity index (χ2v) is 7.11. The zero-order chi connectivity index (χ0) is 21.5. The number of hydrogen-bond acceptors (Lipinski definition) is 9. The molecule has 3 heterocycles. The molecule has 162 valence electrons. The van der Waals surface area contributed by atoms with E-state index in [-0.39, 0.29) is 6.54 Å². The summed E-state index contributed by atoms with van der Waals surface area (Å²) < 4.78 is 5.08. The predicted molar refractivity (Wildman–Crippen MR) is 104 cm³/mol. The highest BCUT2D eigenvalue weighted by Gasteiger charge is 2.44. The van der Waals surface area contributed by atoms with Crippen molar-refractivity contribution in [3.8, 4) is 0 Å². The Morgan fingerprint density at radius 2 is 1.60 bits per heavy atom. The van der Waals surface area contributed by atoms with Crippen LogP contribution in [0.15, 0.2) is 48.8 Å². The van der Waals surface area contributed by atoms with Crippen LogP contribution in [0, 0.1) is 0 Å². The molecule has 5 N–H and O–H groups in total. The van der Waals surface area contributed by atoms with E-state index in [9.17, 15) is 20.1 Å². The summed E-state index contributed by atoms with van der Waals surface area (Å²) in [4.78, 5) is 23.0. The average Bonchev–Trinajstić information content (AvgIpc) is 2.75. The quantitative estimate of drug-likeness (QED) is 0.342. The van der Waals surface area contributed by atoms with E-state index in [0.717, 1.165) is 11.4 Å². The lowest BCUT2D eigenvalue weighted by atomic mass is 9.97. The SMILES string of the molecule is O=C(CN(Cc1ccccn1)Cc1ccccn1)N[C@@H]1C(O)OC(CO)[C@@H](O)C1O. The van der Waals surface area contributed by atoms with Crippen LogP contribution in [-0.2, 0) is 22.6 Å². The zero-order valence-corrected chi connectivity index (χ0v) is 16.3. The number of pyridine rings is 2. The Morgan fingerprint density at radius 3 is 2.10 bits per heavy atom. The molecular formula is C20H26N4O6. The molecule has 1 amide bonds. The highest BCUT2D eigenvalue weighted by atomic mass is 16.6. The van der Waals surface area contributed by atoms with Crippen LogP contribution in [0.3, 0.4) is 0 Å². The van der Waals surface area contributed by atoms with Crippen molar-refractivity contribution in [2.45, 2.75) is 43.7 Å². The molecule has 0 radical (unpaired) electrons. The molecule has 1 aliphatic heterocycles. The number of aromatic nitrogens is 2. The first kappa shape index (κ1) is 22.2. The first-order chi connectivity index (χ1) is 14.5. The van der Waals surface area contributed by atoms with E-state index in [2.05, 4.69) is 15.3 Å². The van der Waals surface area contributed by atoms with E-state index < -0.39 is 43.2 Å². The summed E-state index contributed by atoms with van der Waals surface area (Å²) in [5, 5.41) is 41.9. The molecule has 1 saturated heterocycles. The molecule has 30 heavy (non-hydrogen) atoms. The second kappa shape index (κ2) is 10.5. The summed E-state index contributed by atoms with van der Waals surface area (Å²) >= 11 is 0. The van der Waals surface area contributed by atoms with E-state index in [1.165, 1.54) is 0 Å². The van der Waals surface area contributed by atoms with Gasteiger partial charge >= 0.3 is 0 Å². The van der Waals surface area contributed by atoms with Gasteiger partial charge in [-0.25, -0.2) is 0 Å². The van der Waals surface area contributed by atoms with Gasteiger partial charge < -0.3 is 30.5 Å². The third-order valence-electron chi connectivity index (χ3n) is 4.82. The van der Waals surface area contributed by atoms with Crippen LogP contribution in [0.2, 0.25) is 0 Å². The monoisotopic (exact) mass is 418 g/mol. The Kier molecular flexibility index (Phi) is 7.80. The van der Waals surface area contributed by atoms with Gasteiger partial charge in [-0.05, 0) is 24.3 Å². The topological polar surface area (TPSA) is 148 Å². The molecule has 3 unspecified atom stereocenters. The minimum absolute atomic E-state index is 0.0669. The first-order valence-electron chi connectivity index (χ1n) is 9.60. The summed E-state index contributed by atoms with van der Waals surface area (Å²) in [5.74, 6) is -0.483. The molecule has 0 aromatic carbocycles. The van der Waals surface area contributed by atoms with Gasteiger partial charge in [-0.1, -0.05) is 12.1 Å². The van der Waals surface area contributed by atoms with Crippen molar-refractivity contribution < 1.29 is 30.0 Å². The lowest BCUT2D eigenvalue weighted by Gasteiger charge is -2.40. The zero-order valence-electron chi connectivity index (χ0n) is 16.3. The van der Waals surface area contributed by atoms with Crippen molar-refractivity contribution >= 4 is 5.91 Å². The number of carbonyl (C=O) groups excluding carboxylic acids is 1. The van der Waals surface area contributed by atoms with Crippen LogP contribution in [0.25, 0.3) is 0 Å². The molecule has 10 nitrogen and oxygen atoms in total. The van der Waals surface area contributed by atoms with Gasteiger partial charge in [0.1, 0.15) is 24.4 Å². The van der Waals surface area contributed by atoms with Crippen molar-refractivity contribution in [2.24, 2.45) is 0 Å². The van der Waals surface area contributed by atoms with E-state index >= 15 is 0 Å². The van der Waals surface area contributed by atoms with Crippen LogP contribution in [0.5, 0.6) is 0 Å². The summed E-state index contributed by atoms with van der Waals surface area (Å²) in [6.07, 6.45) is -2.30. The van der Waals surface area contributed by atoms with E-state index in [0.29, 0.717) is 13.1 Å². The van der Waals surface area contributed by atoms with E-state index in [4.69, 9.17) is 9.84 Å². The molecule has 3 rings (SSSR count). The summed E-state index contributed by atoms with van der Waals surface area (Å²) in [6.45, 7) is 0.124. The number of aliphatic hydroxyl groups excluding tert-OH is 4. The standard InChI is InChI=1S/C20H26N4O6/c25-12-15-18(27)19(28)17(20(29)30-15)23-16(26)11-24(9-13-5-1-3-7-21-13)10-14-6-2-4-8-22-14/h1-8,15,17-20,25,27-29H,9-12H2,(H,23,26)/t15?,17-,18+,19?,20?/m0/s1. The molecule has 1 fully saturated rings. The number of nitrogens with zero attached hydrogens (tertiary/aromatic N) is 3. The fourth-order valence-electron chi connectivity index (χ4n) is 3.30. The van der Waals surface area contributed by atoms with Crippen LogP contribution < -0.4 is 5.32 Å². The van der Waals surface area contributed by atoms with Crippen molar-refractivity contribution in [1.82, 2.24) is 20.2 Å². The van der Waals surface area contributed by atoms with Crippen LogP contribution in [0.4, 0.5) is 0 Å². The molecule has 10 heteroatoms. The molecule has 0 saturated carbocycles. The van der Waals surface area contributed by atoms with Gasteiger partial charge in [0.2, 0.25) is 5.91 Å².